The van der Waals surface area contributed by atoms with Crippen molar-refractivity contribution in [1.82, 2.24) is 4.98 Å². The molecule has 0 unspecified atom stereocenters. The number of nitrogens with one attached hydrogen (secondary N) is 1. The Morgan fingerprint density at radius 1 is 0.964 bits per heavy atom. The van der Waals surface area contributed by atoms with Crippen molar-refractivity contribution in [3.63, 3.8) is 0 Å². The zero-order valence-corrected chi connectivity index (χ0v) is 17.5. The molecule has 0 saturated heterocycles. The number of carbonyl (C=O) groups is 1. The highest BCUT2D eigenvalue weighted by Crippen LogP contribution is 2.27. The van der Waals surface area contributed by atoms with E-state index in [2.05, 4.69) is 4.98 Å². The number of aromatic nitrogens is 1. The molecule has 0 aliphatic heterocycles. The summed E-state index contributed by atoms with van der Waals surface area (Å²) in [6.45, 7) is 12.0. The van der Waals surface area contributed by atoms with E-state index in [1.54, 1.807) is 4.90 Å². The van der Waals surface area contributed by atoms with Crippen LogP contribution in [0.5, 0.6) is 0 Å². The van der Waals surface area contributed by atoms with Crippen LogP contribution in [-0.2, 0) is 11.3 Å². The Balaban J connectivity index is 2.09. The number of aryl methyl sites for hydroxylation is 3. The maximum absolute atomic E-state index is 13.2. The summed E-state index contributed by atoms with van der Waals surface area (Å²) in [4.78, 5) is 30.6. The van der Waals surface area contributed by atoms with Crippen molar-refractivity contribution < 1.29 is 4.79 Å². The fourth-order valence-electron chi connectivity index (χ4n) is 3.23. The molecule has 0 aliphatic rings. The fraction of sp³-hybridized carbons (Fsp3) is 0.333. The Kier molecular flexibility index (Phi) is 5.16. The molecule has 1 heterocycles. The molecule has 3 rings (SSSR count). The minimum Gasteiger partial charge on any atom is -0.322 e. The van der Waals surface area contributed by atoms with Gasteiger partial charge < -0.3 is 9.88 Å². The molecule has 1 aromatic heterocycles. The number of carbonyl (C=O) groups excluding carboxylic acids is 1. The third-order valence-corrected chi connectivity index (χ3v) is 5.10. The molecule has 2 aromatic carbocycles. The Hall–Kier alpha value is -2.88. The molecular weight excluding hydrogens is 348 g/mol. The molecule has 3 aromatic rings. The van der Waals surface area contributed by atoms with Crippen molar-refractivity contribution in [1.29, 1.82) is 0 Å². The summed E-state index contributed by atoms with van der Waals surface area (Å²) in [6, 6.07) is 13.8. The molecule has 4 heteroatoms. The van der Waals surface area contributed by atoms with E-state index in [0.717, 1.165) is 27.7 Å². The van der Waals surface area contributed by atoms with Crippen LogP contribution < -0.4 is 10.5 Å². The van der Waals surface area contributed by atoms with Gasteiger partial charge in [0.15, 0.2) is 0 Å². The zero-order valence-electron chi connectivity index (χ0n) is 17.5. The van der Waals surface area contributed by atoms with Crippen molar-refractivity contribution in [2.75, 3.05) is 4.90 Å². The lowest BCUT2D eigenvalue weighted by Crippen LogP contribution is -2.40. The van der Waals surface area contributed by atoms with Gasteiger partial charge in [0.2, 0.25) is 5.91 Å². The standard InChI is InChI=1S/C24H28N2O2/c1-15-7-9-18-13-19(22(27)25-21(18)11-15)14-26(23(28)24(4,5)6)20-10-8-16(2)17(3)12-20/h7-13H,14H2,1-6H3,(H,25,27). The molecule has 0 aliphatic carbocycles. The van der Waals surface area contributed by atoms with Crippen molar-refractivity contribution in [2.45, 2.75) is 48.1 Å². The number of anilines is 1. The molecule has 28 heavy (non-hydrogen) atoms. The molecule has 0 fully saturated rings. The second-order valence-electron chi connectivity index (χ2n) is 8.62. The van der Waals surface area contributed by atoms with E-state index >= 15 is 0 Å². The number of pyridine rings is 1. The van der Waals surface area contributed by atoms with Gasteiger partial charge in [-0.05, 0) is 67.1 Å². The van der Waals surface area contributed by atoms with Crippen LogP contribution in [0.1, 0.15) is 43.0 Å². The minimum absolute atomic E-state index is 0.0147. The summed E-state index contributed by atoms with van der Waals surface area (Å²) >= 11 is 0. The number of fused-ring (bicyclic) bond motifs is 1. The highest BCUT2D eigenvalue weighted by atomic mass is 16.2. The summed E-state index contributed by atoms with van der Waals surface area (Å²) in [5.74, 6) is -0.0147. The molecule has 146 valence electrons. The molecule has 0 atom stereocenters. The second kappa shape index (κ2) is 7.27. The first-order valence-corrected chi connectivity index (χ1v) is 9.58. The lowest BCUT2D eigenvalue weighted by molar-refractivity contribution is -0.125. The predicted molar refractivity (Wildman–Crippen MR) is 116 cm³/mol. The van der Waals surface area contributed by atoms with Crippen LogP contribution in [0, 0.1) is 26.2 Å². The molecule has 0 bridgehead atoms. The third kappa shape index (κ3) is 4.01. The average Bonchev–Trinajstić information content (AvgIpc) is 2.61. The fourth-order valence-corrected chi connectivity index (χ4v) is 3.23. The Labute approximate surface area is 166 Å². The van der Waals surface area contributed by atoms with Gasteiger partial charge in [-0.3, -0.25) is 9.59 Å². The first-order chi connectivity index (χ1) is 13.1. The van der Waals surface area contributed by atoms with Crippen molar-refractivity contribution in [3.8, 4) is 0 Å². The molecule has 1 amide bonds. The predicted octanol–water partition coefficient (Wildman–Crippen LogP) is 5.03. The average molecular weight is 377 g/mol. The van der Waals surface area contributed by atoms with Crippen molar-refractivity contribution in [3.05, 3.63) is 75.1 Å². The molecule has 0 spiro atoms. The number of nitrogens with zero attached hydrogens (tertiary/aromatic N) is 1. The van der Waals surface area contributed by atoms with Gasteiger partial charge in [-0.15, -0.1) is 0 Å². The van der Waals surface area contributed by atoms with Gasteiger partial charge in [0.1, 0.15) is 0 Å². The van der Waals surface area contributed by atoms with Crippen LogP contribution >= 0.6 is 0 Å². The molecule has 4 nitrogen and oxygen atoms in total. The lowest BCUT2D eigenvalue weighted by atomic mass is 9.93. The largest absolute Gasteiger partial charge is 0.322 e. The first kappa shape index (κ1) is 19.9. The van der Waals surface area contributed by atoms with Gasteiger partial charge in [-0.2, -0.15) is 0 Å². The van der Waals surface area contributed by atoms with E-state index in [1.165, 1.54) is 5.56 Å². The lowest BCUT2D eigenvalue weighted by Gasteiger charge is -2.30. The third-order valence-electron chi connectivity index (χ3n) is 5.10. The maximum atomic E-state index is 13.2. The van der Waals surface area contributed by atoms with Gasteiger partial charge in [0.05, 0.1) is 6.54 Å². The normalized spacial score (nSPS) is 11.6. The van der Waals surface area contributed by atoms with Gasteiger partial charge in [0, 0.05) is 22.2 Å². The van der Waals surface area contributed by atoms with Crippen LogP contribution in [0.4, 0.5) is 5.69 Å². The molecule has 0 saturated carbocycles. The smallest absolute Gasteiger partial charge is 0.253 e. The van der Waals surface area contributed by atoms with Gasteiger partial charge in [-0.25, -0.2) is 0 Å². The topological polar surface area (TPSA) is 53.2 Å². The highest BCUT2D eigenvalue weighted by molar-refractivity contribution is 5.97. The van der Waals surface area contributed by atoms with Crippen LogP contribution in [0.25, 0.3) is 10.9 Å². The molecule has 1 N–H and O–H groups in total. The quantitative estimate of drug-likeness (QED) is 0.697. The Bertz CT molecular complexity index is 1100. The monoisotopic (exact) mass is 376 g/mol. The summed E-state index contributed by atoms with van der Waals surface area (Å²) in [6.07, 6.45) is 0. The number of rotatable bonds is 3. The van der Waals surface area contributed by atoms with Crippen LogP contribution in [0.2, 0.25) is 0 Å². The van der Waals surface area contributed by atoms with Gasteiger partial charge in [0.25, 0.3) is 5.56 Å². The van der Waals surface area contributed by atoms with Crippen LogP contribution in [0.3, 0.4) is 0 Å². The molecule has 0 radical (unpaired) electrons. The van der Waals surface area contributed by atoms with Crippen LogP contribution in [-0.4, -0.2) is 10.9 Å². The Morgan fingerprint density at radius 2 is 1.68 bits per heavy atom. The minimum atomic E-state index is -0.556. The highest BCUT2D eigenvalue weighted by Gasteiger charge is 2.29. The zero-order chi connectivity index (χ0) is 20.6. The Morgan fingerprint density at radius 3 is 2.32 bits per heavy atom. The van der Waals surface area contributed by atoms with E-state index in [1.807, 2.05) is 84.0 Å². The van der Waals surface area contributed by atoms with E-state index in [4.69, 9.17) is 0 Å². The SMILES string of the molecule is Cc1ccc2cc(CN(C(=O)C(C)(C)C)c3ccc(C)c(C)c3)c(=O)[nH]c2c1. The second-order valence-corrected chi connectivity index (χ2v) is 8.62. The summed E-state index contributed by atoms with van der Waals surface area (Å²) in [7, 11) is 0. The van der Waals surface area contributed by atoms with E-state index in [-0.39, 0.29) is 18.0 Å². The van der Waals surface area contributed by atoms with Crippen molar-refractivity contribution >= 4 is 22.5 Å². The van der Waals surface area contributed by atoms with Crippen molar-refractivity contribution in [2.24, 2.45) is 5.41 Å². The van der Waals surface area contributed by atoms with Gasteiger partial charge in [-0.1, -0.05) is 39.0 Å². The van der Waals surface area contributed by atoms with E-state index in [9.17, 15) is 9.59 Å². The number of H-pyrrole nitrogens is 1. The first-order valence-electron chi connectivity index (χ1n) is 9.58. The number of hydrogen-bond donors (Lipinski definition) is 1. The van der Waals surface area contributed by atoms with Gasteiger partial charge >= 0.3 is 0 Å². The number of amides is 1. The summed E-state index contributed by atoms with van der Waals surface area (Å²) in [5, 5.41) is 0.962. The maximum Gasteiger partial charge on any atom is 0.253 e. The van der Waals surface area contributed by atoms with Crippen LogP contribution in [0.15, 0.2) is 47.3 Å². The number of aromatic amines is 1. The van der Waals surface area contributed by atoms with E-state index < -0.39 is 5.41 Å². The van der Waals surface area contributed by atoms with E-state index in [0.29, 0.717) is 5.56 Å². The molecular formula is C24H28N2O2. The number of hydrogen-bond acceptors (Lipinski definition) is 2. The summed E-state index contributed by atoms with van der Waals surface area (Å²) < 4.78 is 0. The number of benzene rings is 2. The summed E-state index contributed by atoms with van der Waals surface area (Å²) in [5.41, 5.74) is 4.87.